The first-order valence-corrected chi connectivity index (χ1v) is 5.99. The van der Waals surface area contributed by atoms with Crippen LogP contribution in [0.2, 0.25) is 0 Å². The van der Waals surface area contributed by atoms with E-state index >= 15 is 0 Å². The summed E-state index contributed by atoms with van der Waals surface area (Å²) in [7, 11) is 0. The molecule has 5 heteroatoms. The van der Waals surface area contributed by atoms with Gasteiger partial charge in [-0.1, -0.05) is 5.16 Å². The Labute approximate surface area is 94.0 Å². The van der Waals surface area contributed by atoms with E-state index in [1.54, 1.807) is 0 Å². The van der Waals surface area contributed by atoms with Crippen molar-refractivity contribution in [3.63, 3.8) is 0 Å². The summed E-state index contributed by atoms with van der Waals surface area (Å²) in [6, 6.07) is 0. The second-order valence-electron chi connectivity index (χ2n) is 5.00. The van der Waals surface area contributed by atoms with Crippen LogP contribution < -0.4 is 5.73 Å². The Morgan fingerprint density at radius 2 is 2.12 bits per heavy atom. The van der Waals surface area contributed by atoms with Crippen LogP contribution >= 0.6 is 0 Å². The first-order chi connectivity index (χ1) is 7.78. The Morgan fingerprint density at radius 1 is 1.31 bits per heavy atom. The summed E-state index contributed by atoms with van der Waals surface area (Å²) in [6.45, 7) is 0.529. The molecule has 0 radical (unpaired) electrons. The van der Waals surface area contributed by atoms with Crippen LogP contribution in [0.3, 0.4) is 0 Å². The molecule has 0 aliphatic heterocycles. The number of rotatable bonds is 3. The van der Waals surface area contributed by atoms with Crippen molar-refractivity contribution in [2.75, 3.05) is 6.54 Å². The van der Waals surface area contributed by atoms with Gasteiger partial charge >= 0.3 is 0 Å². The highest BCUT2D eigenvalue weighted by molar-refractivity contribution is 5.07. The van der Waals surface area contributed by atoms with E-state index < -0.39 is 0 Å². The fourth-order valence-electron chi connectivity index (χ4n) is 2.48. The lowest BCUT2D eigenvalue weighted by atomic mass is 10.0. The molecule has 0 amide bonds. The summed E-state index contributed by atoms with van der Waals surface area (Å²) >= 11 is 0. The molecule has 1 heterocycles. The van der Waals surface area contributed by atoms with Gasteiger partial charge in [0.25, 0.3) is 0 Å². The van der Waals surface area contributed by atoms with Crippen LogP contribution in [-0.2, 0) is 0 Å². The van der Waals surface area contributed by atoms with Gasteiger partial charge in [0, 0.05) is 11.8 Å². The van der Waals surface area contributed by atoms with Crippen LogP contribution in [-0.4, -0.2) is 27.9 Å². The molecule has 2 fully saturated rings. The molecule has 0 aromatic carbocycles. The Morgan fingerprint density at radius 3 is 2.75 bits per heavy atom. The van der Waals surface area contributed by atoms with Gasteiger partial charge in [-0.25, -0.2) is 0 Å². The van der Waals surface area contributed by atoms with Gasteiger partial charge in [0.05, 0.1) is 6.10 Å². The van der Waals surface area contributed by atoms with E-state index in [-0.39, 0.29) is 17.9 Å². The zero-order chi connectivity index (χ0) is 11.1. The van der Waals surface area contributed by atoms with E-state index in [1.807, 2.05) is 0 Å². The smallest absolute Gasteiger partial charge is 0.229 e. The number of aliphatic hydroxyl groups is 1. The average Bonchev–Trinajstić information content (AvgIpc) is 2.89. The predicted molar refractivity (Wildman–Crippen MR) is 56.8 cm³/mol. The molecule has 2 aliphatic rings. The quantitative estimate of drug-likeness (QED) is 0.790. The monoisotopic (exact) mass is 223 g/mol. The van der Waals surface area contributed by atoms with E-state index in [1.165, 1.54) is 12.8 Å². The molecule has 2 aliphatic carbocycles. The molecule has 5 nitrogen and oxygen atoms in total. The lowest BCUT2D eigenvalue weighted by molar-refractivity contribution is 0.135. The fourth-order valence-corrected chi connectivity index (χ4v) is 2.48. The van der Waals surface area contributed by atoms with Crippen molar-refractivity contribution in [2.45, 2.75) is 43.6 Å². The second-order valence-corrected chi connectivity index (χ2v) is 5.00. The maximum atomic E-state index is 9.78. The van der Waals surface area contributed by atoms with Crippen molar-refractivity contribution in [1.82, 2.24) is 10.1 Å². The van der Waals surface area contributed by atoms with Crippen LogP contribution in [0.4, 0.5) is 0 Å². The molecule has 1 aromatic heterocycles. The van der Waals surface area contributed by atoms with Crippen molar-refractivity contribution in [3.05, 3.63) is 11.7 Å². The summed E-state index contributed by atoms with van der Waals surface area (Å²) in [5.74, 6) is 2.44. The van der Waals surface area contributed by atoms with Crippen LogP contribution in [0.5, 0.6) is 0 Å². The molecule has 3 N–H and O–H groups in total. The number of nitrogens with zero attached hydrogens (tertiary/aromatic N) is 2. The molecular formula is C11H17N3O2. The minimum atomic E-state index is -0.314. The van der Waals surface area contributed by atoms with Gasteiger partial charge < -0.3 is 15.4 Å². The third-order valence-electron chi connectivity index (χ3n) is 3.71. The molecule has 16 heavy (non-hydrogen) atoms. The van der Waals surface area contributed by atoms with E-state index in [4.69, 9.17) is 10.3 Å². The van der Waals surface area contributed by atoms with Gasteiger partial charge in [-0.2, -0.15) is 4.98 Å². The minimum Gasteiger partial charge on any atom is -0.393 e. The lowest BCUT2D eigenvalue weighted by Gasteiger charge is -2.09. The highest BCUT2D eigenvalue weighted by atomic mass is 16.5. The normalized spacial score (nSPS) is 34.5. The van der Waals surface area contributed by atoms with Crippen molar-refractivity contribution in [2.24, 2.45) is 11.7 Å². The minimum absolute atomic E-state index is 0.182. The summed E-state index contributed by atoms with van der Waals surface area (Å²) in [5.41, 5.74) is 5.60. The SMILES string of the molecule is NC[C@H]1C[C@H](c2nc(C3CC3)no2)C[C@H]1O. The molecular weight excluding hydrogens is 206 g/mol. The van der Waals surface area contributed by atoms with E-state index in [0.29, 0.717) is 24.8 Å². The van der Waals surface area contributed by atoms with Crippen molar-refractivity contribution in [3.8, 4) is 0 Å². The number of aliphatic hydroxyl groups excluding tert-OH is 1. The molecule has 3 rings (SSSR count). The van der Waals surface area contributed by atoms with Crippen LogP contribution in [0.25, 0.3) is 0 Å². The molecule has 0 bridgehead atoms. The molecule has 88 valence electrons. The van der Waals surface area contributed by atoms with Crippen molar-refractivity contribution < 1.29 is 9.63 Å². The predicted octanol–water partition coefficient (Wildman–Crippen LogP) is 0.760. The Bertz CT molecular complexity index is 375. The van der Waals surface area contributed by atoms with E-state index in [2.05, 4.69) is 10.1 Å². The molecule has 3 atom stereocenters. The van der Waals surface area contributed by atoms with E-state index in [9.17, 15) is 5.11 Å². The van der Waals surface area contributed by atoms with Gasteiger partial charge in [-0.15, -0.1) is 0 Å². The summed E-state index contributed by atoms with van der Waals surface area (Å²) in [6.07, 6.45) is 3.61. The Kier molecular flexibility index (Phi) is 2.44. The molecule has 2 saturated carbocycles. The Balaban J connectivity index is 1.72. The summed E-state index contributed by atoms with van der Waals surface area (Å²) in [4.78, 5) is 4.43. The molecule has 0 saturated heterocycles. The van der Waals surface area contributed by atoms with Gasteiger partial charge in [-0.05, 0) is 38.1 Å². The number of hydrogen-bond acceptors (Lipinski definition) is 5. The first-order valence-electron chi connectivity index (χ1n) is 5.99. The second kappa shape index (κ2) is 3.82. The number of hydrogen-bond donors (Lipinski definition) is 2. The summed E-state index contributed by atoms with van der Waals surface area (Å²) < 4.78 is 5.28. The maximum absolute atomic E-state index is 9.78. The largest absolute Gasteiger partial charge is 0.393 e. The third kappa shape index (κ3) is 1.74. The Hall–Kier alpha value is -0.940. The van der Waals surface area contributed by atoms with E-state index in [0.717, 1.165) is 12.2 Å². The topological polar surface area (TPSA) is 85.2 Å². The highest BCUT2D eigenvalue weighted by Crippen LogP contribution is 2.41. The summed E-state index contributed by atoms with van der Waals surface area (Å²) in [5, 5.41) is 13.8. The van der Waals surface area contributed by atoms with Gasteiger partial charge in [-0.3, -0.25) is 0 Å². The third-order valence-corrected chi connectivity index (χ3v) is 3.71. The van der Waals surface area contributed by atoms with Crippen molar-refractivity contribution >= 4 is 0 Å². The molecule has 0 spiro atoms. The van der Waals surface area contributed by atoms with Gasteiger partial charge in [0.1, 0.15) is 0 Å². The van der Waals surface area contributed by atoms with Crippen LogP contribution in [0.15, 0.2) is 4.52 Å². The molecule has 1 aromatic rings. The standard InChI is InChI=1S/C11H17N3O2/c12-5-8-3-7(4-9(8)15)11-13-10(14-16-11)6-1-2-6/h6-9,15H,1-5,12H2/t7-,8+,9+/m0/s1. The van der Waals surface area contributed by atoms with Crippen LogP contribution in [0.1, 0.15) is 49.2 Å². The maximum Gasteiger partial charge on any atom is 0.229 e. The van der Waals surface area contributed by atoms with Gasteiger partial charge in [0.2, 0.25) is 5.89 Å². The highest BCUT2D eigenvalue weighted by Gasteiger charge is 2.37. The zero-order valence-corrected chi connectivity index (χ0v) is 9.17. The fraction of sp³-hybridized carbons (Fsp3) is 0.818. The van der Waals surface area contributed by atoms with Gasteiger partial charge in [0.15, 0.2) is 5.82 Å². The first kappa shape index (κ1) is 10.2. The lowest BCUT2D eigenvalue weighted by Crippen LogP contribution is -2.21. The number of nitrogens with two attached hydrogens (primary N) is 1. The molecule has 0 unspecified atom stereocenters. The van der Waals surface area contributed by atoms with Crippen LogP contribution in [0, 0.1) is 5.92 Å². The van der Waals surface area contributed by atoms with Crippen molar-refractivity contribution in [1.29, 1.82) is 0 Å². The average molecular weight is 223 g/mol. The number of aromatic nitrogens is 2. The zero-order valence-electron chi connectivity index (χ0n) is 9.17.